The number of imidazole rings is 1. The highest BCUT2D eigenvalue weighted by atomic mass is 31.2. The molecular weight excluding hydrogens is 329 g/mol. The second-order valence-electron chi connectivity index (χ2n) is 5.66. The maximum atomic E-state index is 11.8. The van der Waals surface area contributed by atoms with E-state index in [-0.39, 0.29) is 29.6 Å². The van der Waals surface area contributed by atoms with Gasteiger partial charge in [-0.25, -0.2) is 9.55 Å². The SMILES string of the molecule is Nc1nc2c(ncn2[C@@H]2C[C@@H]3COP(=O)(O)O[C@H]3[C@H]2O)c(=O)[nH]1. The number of nitrogens with two attached hydrogens (primary N) is 1. The van der Waals surface area contributed by atoms with Crippen LogP contribution in [0, 0.1) is 5.92 Å². The Labute approximate surface area is 128 Å². The molecule has 2 aliphatic rings. The molecule has 23 heavy (non-hydrogen) atoms. The van der Waals surface area contributed by atoms with Gasteiger partial charge in [0.15, 0.2) is 11.2 Å². The van der Waals surface area contributed by atoms with Crippen LogP contribution in [0.3, 0.4) is 0 Å². The van der Waals surface area contributed by atoms with Crippen molar-refractivity contribution < 1.29 is 23.6 Å². The first-order valence-electron chi connectivity index (χ1n) is 6.92. The number of phosphoric ester groups is 1. The van der Waals surface area contributed by atoms with E-state index in [1.54, 1.807) is 0 Å². The van der Waals surface area contributed by atoms with Crippen molar-refractivity contribution in [3.05, 3.63) is 16.7 Å². The lowest BCUT2D eigenvalue weighted by molar-refractivity contribution is -0.0378. The predicted molar refractivity (Wildman–Crippen MR) is 76.4 cm³/mol. The highest BCUT2D eigenvalue weighted by molar-refractivity contribution is 7.47. The van der Waals surface area contributed by atoms with E-state index in [0.29, 0.717) is 6.42 Å². The van der Waals surface area contributed by atoms with Crippen molar-refractivity contribution in [2.45, 2.75) is 24.7 Å². The number of aromatic amines is 1. The summed E-state index contributed by atoms with van der Waals surface area (Å²) >= 11 is 0. The molecule has 11 nitrogen and oxygen atoms in total. The number of nitrogen functional groups attached to an aromatic ring is 1. The van der Waals surface area contributed by atoms with Crippen molar-refractivity contribution >= 4 is 24.9 Å². The Balaban J connectivity index is 1.75. The van der Waals surface area contributed by atoms with E-state index in [9.17, 15) is 19.4 Å². The molecule has 3 heterocycles. The fourth-order valence-corrected chi connectivity index (χ4v) is 4.28. The number of hydrogen-bond acceptors (Lipinski definition) is 8. The first kappa shape index (κ1) is 14.8. The Morgan fingerprint density at radius 3 is 3.09 bits per heavy atom. The van der Waals surface area contributed by atoms with E-state index in [4.69, 9.17) is 14.8 Å². The lowest BCUT2D eigenvalue weighted by atomic mass is 10.1. The van der Waals surface area contributed by atoms with Gasteiger partial charge >= 0.3 is 7.82 Å². The highest BCUT2D eigenvalue weighted by Crippen LogP contribution is 2.55. The summed E-state index contributed by atoms with van der Waals surface area (Å²) in [6.07, 6.45) is -0.0895. The third-order valence-electron chi connectivity index (χ3n) is 4.25. The zero-order valence-electron chi connectivity index (χ0n) is 11.7. The summed E-state index contributed by atoms with van der Waals surface area (Å²) in [5.74, 6) is -0.311. The topological polar surface area (TPSA) is 166 Å². The van der Waals surface area contributed by atoms with Gasteiger partial charge in [0.1, 0.15) is 12.2 Å². The van der Waals surface area contributed by atoms with Crippen LogP contribution >= 0.6 is 7.82 Å². The molecule has 2 aromatic rings. The second kappa shape index (κ2) is 4.86. The number of nitrogens with zero attached hydrogens (tertiary/aromatic N) is 3. The van der Waals surface area contributed by atoms with Crippen LogP contribution in [-0.2, 0) is 13.6 Å². The average Bonchev–Trinajstić information content (AvgIpc) is 3.00. The first-order valence-corrected chi connectivity index (χ1v) is 8.41. The summed E-state index contributed by atoms with van der Waals surface area (Å²) in [4.78, 5) is 31.6. The Morgan fingerprint density at radius 2 is 2.30 bits per heavy atom. The molecule has 0 amide bonds. The minimum Gasteiger partial charge on any atom is -0.388 e. The van der Waals surface area contributed by atoms with Crippen LogP contribution in [0.5, 0.6) is 0 Å². The van der Waals surface area contributed by atoms with Crippen molar-refractivity contribution in [3.8, 4) is 0 Å². The Kier molecular flexibility index (Phi) is 3.12. The molecule has 1 aliphatic carbocycles. The number of fused-ring (bicyclic) bond motifs is 2. The average molecular weight is 343 g/mol. The minimum absolute atomic E-state index is 0.00872. The molecule has 5 N–H and O–H groups in total. The predicted octanol–water partition coefficient (Wildman–Crippen LogP) is -0.861. The van der Waals surface area contributed by atoms with Gasteiger partial charge in [0.2, 0.25) is 5.95 Å². The summed E-state index contributed by atoms with van der Waals surface area (Å²) < 4.78 is 22.8. The summed E-state index contributed by atoms with van der Waals surface area (Å²) in [6, 6.07) is -0.523. The monoisotopic (exact) mass is 343 g/mol. The molecular formula is C11H14N5O6P. The summed E-state index contributed by atoms with van der Waals surface area (Å²) in [6.45, 7) is 0.00872. The molecule has 2 fully saturated rings. The Morgan fingerprint density at radius 1 is 1.52 bits per heavy atom. The second-order valence-corrected chi connectivity index (χ2v) is 7.07. The van der Waals surface area contributed by atoms with Crippen LogP contribution in [0.4, 0.5) is 5.95 Å². The van der Waals surface area contributed by atoms with Gasteiger partial charge < -0.3 is 20.3 Å². The van der Waals surface area contributed by atoms with Gasteiger partial charge in [-0.15, -0.1) is 0 Å². The molecule has 5 atom stereocenters. The molecule has 1 aliphatic heterocycles. The highest BCUT2D eigenvalue weighted by Gasteiger charge is 2.51. The molecule has 1 unspecified atom stereocenters. The van der Waals surface area contributed by atoms with Crippen molar-refractivity contribution in [2.75, 3.05) is 12.3 Å². The number of rotatable bonds is 1. The molecule has 2 aromatic heterocycles. The minimum atomic E-state index is -4.14. The van der Waals surface area contributed by atoms with Gasteiger partial charge in [0.25, 0.3) is 5.56 Å². The number of hydrogen-bond donors (Lipinski definition) is 4. The molecule has 0 spiro atoms. The number of aliphatic hydroxyl groups is 1. The summed E-state index contributed by atoms with van der Waals surface area (Å²) in [5.41, 5.74) is 5.42. The van der Waals surface area contributed by atoms with E-state index >= 15 is 0 Å². The van der Waals surface area contributed by atoms with Gasteiger partial charge in [0, 0.05) is 5.92 Å². The number of aromatic nitrogens is 4. The maximum absolute atomic E-state index is 11.8. The lowest BCUT2D eigenvalue weighted by Gasteiger charge is -2.29. The van der Waals surface area contributed by atoms with Gasteiger partial charge in [0.05, 0.1) is 19.0 Å². The standard InChI is InChI=1S/C11H14N5O6P/c12-11-14-9-6(10(18)15-11)13-3-16(9)5-1-4-2-21-23(19,20)22-8(4)7(5)17/h3-5,7-8,17H,1-2H2,(H,19,20)(H3,12,14,15,18)/t4-,5-,7+,8-/m1/s1. The zero-order valence-corrected chi connectivity index (χ0v) is 12.6. The van der Waals surface area contributed by atoms with Crippen LogP contribution in [0.2, 0.25) is 0 Å². The number of nitrogens with one attached hydrogen (secondary N) is 1. The number of phosphoric acid groups is 1. The Bertz CT molecular complexity index is 879. The number of aliphatic hydroxyl groups excluding tert-OH is 1. The largest absolute Gasteiger partial charge is 0.472 e. The van der Waals surface area contributed by atoms with Gasteiger partial charge in [-0.1, -0.05) is 0 Å². The van der Waals surface area contributed by atoms with E-state index in [0.717, 1.165) is 0 Å². The van der Waals surface area contributed by atoms with Crippen molar-refractivity contribution in [1.82, 2.24) is 19.5 Å². The van der Waals surface area contributed by atoms with E-state index in [2.05, 4.69) is 15.0 Å². The quantitative estimate of drug-likeness (QED) is 0.482. The van der Waals surface area contributed by atoms with E-state index < -0.39 is 31.6 Å². The lowest BCUT2D eigenvalue weighted by Crippen LogP contribution is -2.35. The fourth-order valence-electron chi connectivity index (χ4n) is 3.23. The van der Waals surface area contributed by atoms with Crippen LogP contribution in [-0.4, -0.2) is 48.3 Å². The van der Waals surface area contributed by atoms with Gasteiger partial charge in [-0.05, 0) is 6.42 Å². The van der Waals surface area contributed by atoms with E-state index in [1.807, 2.05) is 0 Å². The van der Waals surface area contributed by atoms with Crippen LogP contribution in [0.1, 0.15) is 12.5 Å². The number of H-pyrrole nitrogens is 1. The third-order valence-corrected chi connectivity index (χ3v) is 5.24. The molecule has 1 saturated carbocycles. The van der Waals surface area contributed by atoms with Gasteiger partial charge in [-0.3, -0.25) is 18.8 Å². The van der Waals surface area contributed by atoms with Crippen molar-refractivity contribution in [3.63, 3.8) is 0 Å². The molecule has 0 radical (unpaired) electrons. The van der Waals surface area contributed by atoms with Crippen LogP contribution < -0.4 is 11.3 Å². The summed E-state index contributed by atoms with van der Waals surface area (Å²) in [7, 11) is -4.14. The molecule has 4 rings (SSSR count). The number of anilines is 1. The van der Waals surface area contributed by atoms with Crippen LogP contribution in [0.25, 0.3) is 11.2 Å². The molecule has 1 saturated heterocycles. The normalized spacial score (nSPS) is 37.1. The Hall–Kier alpha value is -1.78. The zero-order chi connectivity index (χ0) is 16.4. The first-order chi connectivity index (χ1) is 10.9. The molecule has 0 bridgehead atoms. The third kappa shape index (κ3) is 2.28. The summed E-state index contributed by atoms with van der Waals surface area (Å²) in [5, 5.41) is 10.5. The molecule has 0 aromatic carbocycles. The maximum Gasteiger partial charge on any atom is 0.472 e. The molecule has 124 valence electrons. The van der Waals surface area contributed by atoms with Crippen molar-refractivity contribution in [2.24, 2.45) is 5.92 Å². The smallest absolute Gasteiger partial charge is 0.388 e. The van der Waals surface area contributed by atoms with Gasteiger partial charge in [-0.2, -0.15) is 4.98 Å². The van der Waals surface area contributed by atoms with Crippen LogP contribution in [0.15, 0.2) is 11.1 Å². The molecule has 12 heteroatoms. The van der Waals surface area contributed by atoms with E-state index in [1.165, 1.54) is 10.9 Å². The fraction of sp³-hybridized carbons (Fsp3) is 0.545. The van der Waals surface area contributed by atoms with Crippen molar-refractivity contribution in [1.29, 1.82) is 0 Å².